The van der Waals surface area contributed by atoms with E-state index in [1.807, 2.05) is 44.4 Å². The number of ether oxygens (including phenoxy) is 1. The number of aromatic nitrogens is 3. The first-order chi connectivity index (χ1) is 17.8. The quantitative estimate of drug-likeness (QED) is 0.310. The molecule has 192 valence electrons. The fraction of sp³-hybridized carbons (Fsp3) is 0.222. The van der Waals surface area contributed by atoms with Crippen LogP contribution in [-0.4, -0.2) is 66.7 Å². The summed E-state index contributed by atoms with van der Waals surface area (Å²) in [7, 11) is 7.53. The standard InChI is InChI=1S/C27H30FN7O2/c1-6-26(36)30-20-16-21(24(37-5)17-23(20)34(4)14-13-33(2)3)31-27-29-11-9-25(32-27)35-12-10-18-7-8-19(28)15-22(18)35/h6-12,15-17H,1,13-14H2,2-5H3,(H,30,36)(H,29,31,32). The second kappa shape index (κ2) is 11.1. The van der Waals surface area contributed by atoms with Crippen molar-refractivity contribution in [1.82, 2.24) is 19.4 Å². The molecule has 0 saturated carbocycles. The van der Waals surface area contributed by atoms with Crippen LogP contribution in [0.4, 0.5) is 27.4 Å². The third-order valence-electron chi connectivity index (χ3n) is 5.84. The van der Waals surface area contributed by atoms with Gasteiger partial charge in [0, 0.05) is 44.0 Å². The zero-order chi connectivity index (χ0) is 26.5. The molecule has 0 unspecified atom stereocenters. The van der Waals surface area contributed by atoms with Gasteiger partial charge in [-0.2, -0.15) is 4.98 Å². The van der Waals surface area contributed by atoms with E-state index in [-0.39, 0.29) is 11.7 Å². The highest BCUT2D eigenvalue weighted by Crippen LogP contribution is 2.38. The number of carbonyl (C=O) groups excluding carboxylic acids is 1. The fourth-order valence-electron chi connectivity index (χ4n) is 3.87. The molecule has 0 radical (unpaired) electrons. The van der Waals surface area contributed by atoms with Crippen molar-refractivity contribution in [2.45, 2.75) is 0 Å². The molecular weight excluding hydrogens is 473 g/mol. The molecule has 37 heavy (non-hydrogen) atoms. The van der Waals surface area contributed by atoms with Crippen molar-refractivity contribution in [3.63, 3.8) is 0 Å². The molecule has 9 nitrogen and oxygen atoms in total. The summed E-state index contributed by atoms with van der Waals surface area (Å²) >= 11 is 0. The first-order valence-electron chi connectivity index (χ1n) is 11.7. The lowest BCUT2D eigenvalue weighted by molar-refractivity contribution is -0.111. The Kier molecular flexibility index (Phi) is 7.69. The number of likely N-dealkylation sites (N-methyl/N-ethyl adjacent to an activating group) is 2. The van der Waals surface area contributed by atoms with Gasteiger partial charge in [0.2, 0.25) is 11.9 Å². The molecule has 1 amide bonds. The Balaban J connectivity index is 1.70. The van der Waals surface area contributed by atoms with Gasteiger partial charge in [-0.05, 0) is 56.6 Å². The van der Waals surface area contributed by atoms with Crippen molar-refractivity contribution in [1.29, 1.82) is 0 Å². The fourth-order valence-corrected chi connectivity index (χ4v) is 3.87. The Morgan fingerprint density at radius 3 is 2.68 bits per heavy atom. The Morgan fingerprint density at radius 2 is 1.95 bits per heavy atom. The second-order valence-corrected chi connectivity index (χ2v) is 8.74. The molecule has 2 heterocycles. The van der Waals surface area contributed by atoms with Crippen molar-refractivity contribution < 1.29 is 13.9 Å². The van der Waals surface area contributed by atoms with Crippen LogP contribution >= 0.6 is 0 Å². The first-order valence-corrected chi connectivity index (χ1v) is 11.7. The van der Waals surface area contributed by atoms with E-state index in [1.54, 1.807) is 36.1 Å². The van der Waals surface area contributed by atoms with Gasteiger partial charge in [0.05, 0.1) is 29.7 Å². The Morgan fingerprint density at radius 1 is 1.14 bits per heavy atom. The Hall–Kier alpha value is -4.44. The van der Waals surface area contributed by atoms with E-state index in [4.69, 9.17) is 4.74 Å². The van der Waals surface area contributed by atoms with Gasteiger partial charge in [-0.3, -0.25) is 4.79 Å². The summed E-state index contributed by atoms with van der Waals surface area (Å²) in [6.45, 7) is 5.12. The van der Waals surface area contributed by atoms with Crippen LogP contribution in [-0.2, 0) is 4.79 Å². The predicted octanol–water partition coefficient (Wildman–Crippen LogP) is 4.43. The molecule has 10 heteroatoms. The highest BCUT2D eigenvalue weighted by Gasteiger charge is 2.17. The maximum absolute atomic E-state index is 13.9. The minimum absolute atomic E-state index is 0.309. The van der Waals surface area contributed by atoms with Crippen molar-refractivity contribution in [2.75, 3.05) is 56.9 Å². The molecular formula is C27H30FN7O2. The summed E-state index contributed by atoms with van der Waals surface area (Å²) in [5.74, 6) is 0.768. The summed E-state index contributed by atoms with van der Waals surface area (Å²) in [6, 6.07) is 11.9. The number of rotatable bonds is 10. The number of nitrogens with zero attached hydrogens (tertiary/aromatic N) is 5. The monoisotopic (exact) mass is 503 g/mol. The van der Waals surface area contributed by atoms with E-state index in [9.17, 15) is 9.18 Å². The molecule has 0 saturated heterocycles. The van der Waals surface area contributed by atoms with Crippen molar-refractivity contribution >= 4 is 39.8 Å². The Labute approximate surface area is 215 Å². The minimum Gasteiger partial charge on any atom is -0.494 e. The van der Waals surface area contributed by atoms with Gasteiger partial charge in [-0.1, -0.05) is 6.58 Å². The topological polar surface area (TPSA) is 87.5 Å². The molecule has 4 rings (SSSR count). The maximum Gasteiger partial charge on any atom is 0.247 e. The molecule has 2 aromatic heterocycles. The lowest BCUT2D eigenvalue weighted by Crippen LogP contribution is -2.29. The largest absolute Gasteiger partial charge is 0.494 e. The molecule has 0 aliphatic heterocycles. The molecule has 0 bridgehead atoms. The van der Waals surface area contributed by atoms with Gasteiger partial charge in [-0.25, -0.2) is 9.37 Å². The van der Waals surface area contributed by atoms with E-state index in [2.05, 4.69) is 32.1 Å². The van der Waals surface area contributed by atoms with Crippen LogP contribution in [0, 0.1) is 5.82 Å². The molecule has 2 aromatic carbocycles. The van der Waals surface area contributed by atoms with Gasteiger partial charge >= 0.3 is 0 Å². The Bertz CT molecular complexity index is 1430. The third-order valence-corrected chi connectivity index (χ3v) is 5.84. The SMILES string of the molecule is C=CC(=O)Nc1cc(Nc2nccc(-n3ccc4ccc(F)cc43)n2)c(OC)cc1N(C)CCN(C)C. The molecule has 0 atom stereocenters. The number of benzene rings is 2. The minimum atomic E-state index is -0.330. The molecule has 0 aliphatic carbocycles. The number of methoxy groups -OCH3 is 1. The highest BCUT2D eigenvalue weighted by molar-refractivity contribution is 6.02. The van der Waals surface area contributed by atoms with Crippen LogP contribution in [0.25, 0.3) is 16.7 Å². The summed E-state index contributed by atoms with van der Waals surface area (Å²) in [4.78, 5) is 25.3. The maximum atomic E-state index is 13.9. The van der Waals surface area contributed by atoms with Crippen molar-refractivity contribution in [3.8, 4) is 11.6 Å². The van der Waals surface area contributed by atoms with Crippen molar-refractivity contribution in [2.24, 2.45) is 0 Å². The third kappa shape index (κ3) is 5.87. The van der Waals surface area contributed by atoms with E-state index in [0.29, 0.717) is 34.4 Å². The van der Waals surface area contributed by atoms with E-state index >= 15 is 0 Å². The first kappa shape index (κ1) is 25.6. The predicted molar refractivity (Wildman–Crippen MR) is 146 cm³/mol. The summed E-state index contributed by atoms with van der Waals surface area (Å²) in [5.41, 5.74) is 2.63. The average Bonchev–Trinajstić information content (AvgIpc) is 3.30. The number of nitrogens with one attached hydrogen (secondary N) is 2. The lowest BCUT2D eigenvalue weighted by atomic mass is 10.2. The summed E-state index contributed by atoms with van der Waals surface area (Å²) in [6.07, 6.45) is 4.67. The number of fused-ring (bicyclic) bond motifs is 1. The van der Waals surface area contributed by atoms with Crippen LogP contribution in [0.5, 0.6) is 5.75 Å². The van der Waals surface area contributed by atoms with Crippen molar-refractivity contribution in [3.05, 3.63) is 73.3 Å². The van der Waals surface area contributed by atoms with Crippen LogP contribution in [0.2, 0.25) is 0 Å². The lowest BCUT2D eigenvalue weighted by Gasteiger charge is -2.26. The van der Waals surface area contributed by atoms with Crippen LogP contribution < -0.4 is 20.3 Å². The smallest absolute Gasteiger partial charge is 0.247 e. The zero-order valence-electron chi connectivity index (χ0n) is 21.3. The van der Waals surface area contributed by atoms with E-state index < -0.39 is 0 Å². The number of halogens is 1. The van der Waals surface area contributed by atoms with Crippen LogP contribution in [0.1, 0.15) is 0 Å². The average molecular weight is 504 g/mol. The molecule has 0 aliphatic rings. The highest BCUT2D eigenvalue weighted by atomic mass is 19.1. The van der Waals surface area contributed by atoms with Crippen LogP contribution in [0.15, 0.2) is 67.5 Å². The second-order valence-electron chi connectivity index (χ2n) is 8.74. The molecule has 0 fully saturated rings. The van der Waals surface area contributed by atoms with Gasteiger partial charge in [-0.15, -0.1) is 0 Å². The van der Waals surface area contributed by atoms with E-state index in [1.165, 1.54) is 18.2 Å². The van der Waals surface area contributed by atoms with E-state index in [0.717, 1.165) is 24.2 Å². The zero-order valence-corrected chi connectivity index (χ0v) is 21.3. The molecule has 4 aromatic rings. The molecule has 2 N–H and O–H groups in total. The number of anilines is 4. The number of amides is 1. The molecule has 0 spiro atoms. The van der Waals surface area contributed by atoms with Gasteiger partial charge in [0.1, 0.15) is 17.4 Å². The number of carbonyl (C=O) groups is 1. The van der Waals surface area contributed by atoms with Gasteiger partial charge in [0.25, 0.3) is 0 Å². The van der Waals surface area contributed by atoms with Crippen LogP contribution in [0.3, 0.4) is 0 Å². The normalized spacial score (nSPS) is 11.0. The summed E-state index contributed by atoms with van der Waals surface area (Å²) < 4.78 is 21.3. The van der Waals surface area contributed by atoms with Gasteiger partial charge < -0.3 is 29.7 Å². The number of hydrogen-bond donors (Lipinski definition) is 2. The number of hydrogen-bond acceptors (Lipinski definition) is 7. The summed E-state index contributed by atoms with van der Waals surface area (Å²) in [5, 5.41) is 6.97. The van der Waals surface area contributed by atoms with Gasteiger partial charge in [0.15, 0.2) is 0 Å².